The first-order valence-corrected chi connectivity index (χ1v) is 4.47. The van der Waals surface area contributed by atoms with Crippen LogP contribution in [0.5, 0.6) is 0 Å². The minimum atomic E-state index is -1.31. The third kappa shape index (κ3) is 3.60. The number of carboxylic acids is 1. The Morgan fingerprint density at radius 1 is 1.50 bits per heavy atom. The van der Waals surface area contributed by atoms with E-state index in [1.807, 2.05) is 0 Å². The van der Waals surface area contributed by atoms with Crippen LogP contribution in [-0.4, -0.2) is 27.8 Å². The fourth-order valence-electron chi connectivity index (χ4n) is 0.838. The van der Waals surface area contributed by atoms with Gasteiger partial charge < -0.3 is 14.3 Å². The molecule has 0 spiro atoms. The molecule has 0 bridgehead atoms. The van der Waals surface area contributed by atoms with Gasteiger partial charge in [-0.05, 0) is 20.8 Å². The second-order valence-corrected chi connectivity index (χ2v) is 3.97. The molecule has 1 amide bonds. The van der Waals surface area contributed by atoms with Gasteiger partial charge in [-0.2, -0.15) is 4.98 Å². The van der Waals surface area contributed by atoms with Crippen LogP contribution in [0, 0.1) is 0 Å². The van der Waals surface area contributed by atoms with E-state index in [4.69, 9.17) is 9.84 Å². The van der Waals surface area contributed by atoms with Crippen LogP contribution in [0.4, 0.5) is 10.6 Å². The van der Waals surface area contributed by atoms with Crippen molar-refractivity contribution in [1.29, 1.82) is 0 Å². The van der Waals surface area contributed by atoms with E-state index in [-0.39, 0.29) is 5.82 Å². The average molecular weight is 228 g/mol. The lowest BCUT2D eigenvalue weighted by molar-refractivity contribution is 0.0628. The Bertz CT molecular complexity index is 404. The number of amides is 1. The van der Waals surface area contributed by atoms with Gasteiger partial charge in [-0.1, -0.05) is 0 Å². The summed E-state index contributed by atoms with van der Waals surface area (Å²) in [7, 11) is 0. The van der Waals surface area contributed by atoms with Gasteiger partial charge >= 0.3 is 18.0 Å². The van der Waals surface area contributed by atoms with Crippen LogP contribution in [0.2, 0.25) is 0 Å². The number of carbonyl (C=O) groups excluding carboxylic acids is 1. The standard InChI is InChI=1S/C9H12N2O5/c1-9(2,3)16-8(14)11-5-4-15-6(10-5)7(12)13/h4H,1-3H3,(H,11,14)(H,12,13). The molecule has 0 saturated heterocycles. The van der Waals surface area contributed by atoms with E-state index in [9.17, 15) is 9.59 Å². The Morgan fingerprint density at radius 3 is 2.56 bits per heavy atom. The fourth-order valence-corrected chi connectivity index (χ4v) is 0.838. The molecule has 1 aromatic rings. The van der Waals surface area contributed by atoms with Crippen LogP contribution in [0.3, 0.4) is 0 Å². The lowest BCUT2D eigenvalue weighted by atomic mass is 10.2. The maximum atomic E-state index is 11.2. The second-order valence-electron chi connectivity index (χ2n) is 3.97. The molecule has 0 aliphatic heterocycles. The maximum absolute atomic E-state index is 11.2. The van der Waals surface area contributed by atoms with Crippen molar-refractivity contribution in [3.63, 3.8) is 0 Å². The number of nitrogens with one attached hydrogen (secondary N) is 1. The molecule has 0 fully saturated rings. The molecule has 0 atom stereocenters. The van der Waals surface area contributed by atoms with Crippen LogP contribution >= 0.6 is 0 Å². The summed E-state index contributed by atoms with van der Waals surface area (Å²) >= 11 is 0. The summed E-state index contributed by atoms with van der Waals surface area (Å²) in [6, 6.07) is 0. The first-order chi connectivity index (χ1) is 7.28. The zero-order chi connectivity index (χ0) is 12.3. The molecule has 88 valence electrons. The van der Waals surface area contributed by atoms with E-state index in [0.717, 1.165) is 6.26 Å². The van der Waals surface area contributed by atoms with Crippen molar-refractivity contribution in [3.05, 3.63) is 12.2 Å². The van der Waals surface area contributed by atoms with Crippen molar-refractivity contribution < 1.29 is 23.8 Å². The Morgan fingerprint density at radius 2 is 2.12 bits per heavy atom. The summed E-state index contributed by atoms with van der Waals surface area (Å²) in [5.41, 5.74) is -0.635. The highest BCUT2D eigenvalue weighted by Crippen LogP contribution is 2.11. The van der Waals surface area contributed by atoms with Gasteiger partial charge in [-0.25, -0.2) is 9.59 Å². The predicted octanol–water partition coefficient (Wildman–Crippen LogP) is 1.72. The van der Waals surface area contributed by atoms with Crippen molar-refractivity contribution in [3.8, 4) is 0 Å². The number of hydrogen-bond acceptors (Lipinski definition) is 5. The van der Waals surface area contributed by atoms with Gasteiger partial charge in [0.05, 0.1) is 0 Å². The van der Waals surface area contributed by atoms with Crippen molar-refractivity contribution in [2.45, 2.75) is 26.4 Å². The van der Waals surface area contributed by atoms with Gasteiger partial charge in [-0.3, -0.25) is 5.32 Å². The summed E-state index contributed by atoms with van der Waals surface area (Å²) in [5, 5.41) is 10.8. The Kier molecular flexibility index (Phi) is 3.17. The third-order valence-electron chi connectivity index (χ3n) is 1.32. The van der Waals surface area contributed by atoms with E-state index in [2.05, 4.69) is 14.7 Å². The minimum absolute atomic E-state index is 0.00773. The topological polar surface area (TPSA) is 102 Å². The molecule has 1 heterocycles. The number of nitrogens with zero attached hydrogens (tertiary/aromatic N) is 1. The monoisotopic (exact) mass is 228 g/mol. The predicted molar refractivity (Wildman–Crippen MR) is 53.3 cm³/mol. The molecule has 0 saturated carbocycles. The highest BCUT2D eigenvalue weighted by molar-refractivity contribution is 5.86. The molecular formula is C9H12N2O5. The van der Waals surface area contributed by atoms with Crippen LogP contribution in [0.1, 0.15) is 31.5 Å². The number of aromatic nitrogens is 1. The number of hydrogen-bond donors (Lipinski definition) is 2. The summed E-state index contributed by atoms with van der Waals surface area (Å²) in [4.78, 5) is 25.2. The second kappa shape index (κ2) is 4.21. The summed E-state index contributed by atoms with van der Waals surface area (Å²) in [5.74, 6) is -1.81. The van der Waals surface area contributed by atoms with E-state index in [1.165, 1.54) is 0 Å². The molecule has 1 rings (SSSR count). The molecule has 0 aliphatic rings. The molecule has 1 aromatic heterocycles. The normalized spacial score (nSPS) is 10.9. The number of aromatic carboxylic acids is 1. The average Bonchev–Trinajstić information content (AvgIpc) is 2.48. The quantitative estimate of drug-likeness (QED) is 0.799. The van der Waals surface area contributed by atoms with Gasteiger partial charge in [-0.15, -0.1) is 0 Å². The Hall–Kier alpha value is -2.05. The summed E-state index contributed by atoms with van der Waals surface area (Å²) < 4.78 is 9.51. The van der Waals surface area contributed by atoms with Gasteiger partial charge in [0.2, 0.25) is 0 Å². The summed E-state index contributed by atoms with van der Waals surface area (Å²) in [6.07, 6.45) is 0.297. The SMILES string of the molecule is CC(C)(C)OC(=O)Nc1coc(C(=O)O)n1. The van der Waals surface area contributed by atoms with Crippen LogP contribution in [0.15, 0.2) is 10.7 Å². The zero-order valence-corrected chi connectivity index (χ0v) is 9.10. The Labute approximate surface area is 91.4 Å². The van der Waals surface area contributed by atoms with Gasteiger partial charge in [0.25, 0.3) is 0 Å². The number of carbonyl (C=O) groups is 2. The van der Waals surface area contributed by atoms with Crippen LogP contribution < -0.4 is 5.32 Å². The summed E-state index contributed by atoms with van der Waals surface area (Å²) in [6.45, 7) is 5.12. The molecule has 0 aliphatic carbocycles. The number of ether oxygens (including phenoxy) is 1. The van der Waals surface area contributed by atoms with Gasteiger partial charge in [0.1, 0.15) is 11.9 Å². The molecular weight excluding hydrogens is 216 g/mol. The number of oxazole rings is 1. The molecule has 7 nitrogen and oxygen atoms in total. The molecule has 2 N–H and O–H groups in total. The molecule has 7 heteroatoms. The largest absolute Gasteiger partial charge is 0.474 e. The number of carboxylic acid groups (broad SMARTS) is 1. The fraction of sp³-hybridized carbons (Fsp3) is 0.444. The first-order valence-electron chi connectivity index (χ1n) is 4.47. The van der Waals surface area contributed by atoms with E-state index in [1.54, 1.807) is 20.8 Å². The lowest BCUT2D eigenvalue weighted by Gasteiger charge is -2.18. The maximum Gasteiger partial charge on any atom is 0.413 e. The Balaban J connectivity index is 2.60. The highest BCUT2D eigenvalue weighted by Gasteiger charge is 2.18. The van der Waals surface area contributed by atoms with Crippen LogP contribution in [0.25, 0.3) is 0 Å². The van der Waals surface area contributed by atoms with Crippen molar-refractivity contribution >= 4 is 17.9 Å². The highest BCUT2D eigenvalue weighted by atomic mass is 16.6. The lowest BCUT2D eigenvalue weighted by Crippen LogP contribution is -2.27. The van der Waals surface area contributed by atoms with E-state index in [0.29, 0.717) is 0 Å². The zero-order valence-electron chi connectivity index (χ0n) is 9.10. The molecule has 0 unspecified atom stereocenters. The van der Waals surface area contributed by atoms with Crippen molar-refractivity contribution in [1.82, 2.24) is 4.98 Å². The van der Waals surface area contributed by atoms with Gasteiger partial charge in [0.15, 0.2) is 5.82 Å². The first kappa shape index (κ1) is 12.0. The van der Waals surface area contributed by atoms with E-state index < -0.39 is 23.6 Å². The minimum Gasteiger partial charge on any atom is -0.474 e. The van der Waals surface area contributed by atoms with E-state index >= 15 is 0 Å². The third-order valence-corrected chi connectivity index (χ3v) is 1.32. The van der Waals surface area contributed by atoms with Crippen LogP contribution in [-0.2, 0) is 4.74 Å². The number of rotatable bonds is 2. The molecule has 0 aromatic carbocycles. The van der Waals surface area contributed by atoms with Crippen molar-refractivity contribution in [2.75, 3.05) is 5.32 Å². The number of anilines is 1. The van der Waals surface area contributed by atoms with Crippen molar-refractivity contribution in [2.24, 2.45) is 0 Å². The van der Waals surface area contributed by atoms with Gasteiger partial charge in [0, 0.05) is 0 Å². The molecule has 0 radical (unpaired) electrons. The smallest absolute Gasteiger partial charge is 0.413 e. The molecule has 16 heavy (non-hydrogen) atoms.